The fraction of sp³-hybridized carbons (Fsp3) is 0.0667. The predicted octanol–water partition coefficient (Wildman–Crippen LogP) is 5.16. The van der Waals surface area contributed by atoms with Crippen molar-refractivity contribution in [1.82, 2.24) is 24.5 Å². The van der Waals surface area contributed by atoms with Crippen LogP contribution in [-0.4, -0.2) is 24.5 Å². The number of nitriles is 1. The highest BCUT2D eigenvalue weighted by atomic mass is 19.1. The van der Waals surface area contributed by atoms with Gasteiger partial charge in [0.25, 0.3) is 5.56 Å². The second-order valence-corrected chi connectivity index (χ2v) is 9.18. The van der Waals surface area contributed by atoms with E-state index in [9.17, 15) is 14.4 Å². The summed E-state index contributed by atoms with van der Waals surface area (Å²) in [5.74, 6) is -0.0358. The maximum atomic E-state index is 14.4. The van der Waals surface area contributed by atoms with Crippen molar-refractivity contribution in [2.24, 2.45) is 0 Å². The van der Waals surface area contributed by atoms with Crippen molar-refractivity contribution < 1.29 is 4.39 Å². The molecule has 0 aliphatic rings. The van der Waals surface area contributed by atoms with Crippen molar-refractivity contribution in [2.75, 3.05) is 11.1 Å². The maximum absolute atomic E-state index is 14.4. The lowest BCUT2D eigenvalue weighted by Crippen LogP contribution is -2.28. The summed E-state index contributed by atoms with van der Waals surface area (Å²) in [4.78, 5) is 31.7. The van der Waals surface area contributed by atoms with Crippen LogP contribution in [0.4, 0.5) is 16.2 Å². The average molecular weight is 529 g/mol. The highest BCUT2D eigenvalue weighted by molar-refractivity contribution is 5.96. The first-order chi connectivity index (χ1) is 19.4. The van der Waals surface area contributed by atoms with E-state index >= 15 is 0 Å². The van der Waals surface area contributed by atoms with Gasteiger partial charge in [-0.2, -0.15) is 10.2 Å². The summed E-state index contributed by atoms with van der Waals surface area (Å²) in [7, 11) is 0. The molecule has 6 rings (SSSR count). The Labute approximate surface area is 227 Å². The number of nitrogen functional groups attached to an aromatic ring is 1. The standard InChI is InChI=1S/C30H21FN8O/c1-17(36-27-20(14-32)16-35-30(33)38-27)28-37-25-11-5-9-23(19-12-18-6-2-3-10-24(18)34-15-19)26(25)29(40)39(28)22-8-4-7-21(31)13-22/h2-13,15-17H,1H3,(H3,33,35,36,38). The van der Waals surface area contributed by atoms with Crippen LogP contribution >= 0.6 is 0 Å². The summed E-state index contributed by atoms with van der Waals surface area (Å²) in [5, 5.41) is 13.9. The molecule has 0 radical (unpaired) electrons. The zero-order chi connectivity index (χ0) is 27.8. The number of benzene rings is 3. The number of aromatic nitrogens is 5. The van der Waals surface area contributed by atoms with E-state index in [0.29, 0.717) is 22.2 Å². The van der Waals surface area contributed by atoms with E-state index in [1.165, 1.54) is 29.0 Å². The first-order valence-electron chi connectivity index (χ1n) is 12.4. The lowest BCUT2D eigenvalue weighted by Gasteiger charge is -2.21. The van der Waals surface area contributed by atoms with E-state index in [2.05, 4.69) is 20.3 Å². The van der Waals surface area contributed by atoms with Gasteiger partial charge in [0.1, 0.15) is 29.1 Å². The predicted molar refractivity (Wildman–Crippen MR) is 151 cm³/mol. The fourth-order valence-corrected chi connectivity index (χ4v) is 4.72. The molecule has 0 fully saturated rings. The summed E-state index contributed by atoms with van der Waals surface area (Å²) < 4.78 is 15.8. The first kappa shape index (κ1) is 24.6. The Morgan fingerprint density at radius 2 is 1.77 bits per heavy atom. The van der Waals surface area contributed by atoms with Crippen LogP contribution in [0.15, 0.2) is 90.0 Å². The third-order valence-corrected chi connectivity index (χ3v) is 6.56. The van der Waals surface area contributed by atoms with Crippen LogP contribution in [-0.2, 0) is 0 Å². The van der Waals surface area contributed by atoms with Crippen molar-refractivity contribution >= 4 is 33.6 Å². The molecule has 0 aliphatic carbocycles. The minimum atomic E-state index is -0.646. The van der Waals surface area contributed by atoms with Crippen molar-refractivity contribution in [1.29, 1.82) is 5.26 Å². The molecule has 0 aliphatic heterocycles. The number of hydrogen-bond donors (Lipinski definition) is 2. The largest absolute Gasteiger partial charge is 0.368 e. The van der Waals surface area contributed by atoms with Gasteiger partial charge in [0.15, 0.2) is 0 Å². The molecule has 3 aromatic heterocycles. The lowest BCUT2D eigenvalue weighted by molar-refractivity contribution is 0.624. The van der Waals surface area contributed by atoms with Gasteiger partial charge in [0, 0.05) is 17.1 Å². The minimum absolute atomic E-state index is 0.0173. The number of nitrogens with one attached hydrogen (secondary N) is 1. The molecule has 6 aromatic rings. The molecule has 0 bridgehead atoms. The Hall–Kier alpha value is -5.69. The Kier molecular flexibility index (Phi) is 6.09. The molecule has 10 heteroatoms. The third kappa shape index (κ3) is 4.35. The Balaban J connectivity index is 1.59. The molecule has 1 unspecified atom stereocenters. The van der Waals surface area contributed by atoms with Gasteiger partial charge in [-0.05, 0) is 48.9 Å². The Morgan fingerprint density at radius 3 is 2.60 bits per heavy atom. The molecular weight excluding hydrogens is 507 g/mol. The fourth-order valence-electron chi connectivity index (χ4n) is 4.72. The highest BCUT2D eigenvalue weighted by Gasteiger charge is 2.22. The number of hydrogen-bond acceptors (Lipinski definition) is 8. The number of halogens is 1. The van der Waals surface area contributed by atoms with Gasteiger partial charge in [-0.15, -0.1) is 0 Å². The van der Waals surface area contributed by atoms with Crippen LogP contribution in [0, 0.1) is 17.1 Å². The van der Waals surface area contributed by atoms with E-state index in [1.807, 2.05) is 48.5 Å². The van der Waals surface area contributed by atoms with E-state index in [1.54, 1.807) is 25.3 Å². The van der Waals surface area contributed by atoms with Crippen LogP contribution in [0.5, 0.6) is 0 Å². The van der Waals surface area contributed by atoms with Gasteiger partial charge in [0.05, 0.1) is 34.3 Å². The van der Waals surface area contributed by atoms with E-state index < -0.39 is 11.9 Å². The number of rotatable bonds is 5. The molecule has 194 valence electrons. The minimum Gasteiger partial charge on any atom is -0.368 e. The van der Waals surface area contributed by atoms with E-state index in [0.717, 1.165) is 16.5 Å². The second-order valence-electron chi connectivity index (χ2n) is 9.18. The monoisotopic (exact) mass is 528 g/mol. The number of nitrogens with zero attached hydrogens (tertiary/aromatic N) is 6. The molecule has 1 atom stereocenters. The van der Waals surface area contributed by atoms with Gasteiger partial charge >= 0.3 is 0 Å². The van der Waals surface area contributed by atoms with Gasteiger partial charge in [-0.1, -0.05) is 36.4 Å². The first-order valence-corrected chi connectivity index (χ1v) is 12.4. The molecule has 0 spiro atoms. The van der Waals surface area contributed by atoms with Crippen LogP contribution in [0.3, 0.4) is 0 Å². The molecule has 0 saturated carbocycles. The third-order valence-electron chi connectivity index (χ3n) is 6.56. The molecule has 0 saturated heterocycles. The quantitative estimate of drug-likeness (QED) is 0.313. The zero-order valence-corrected chi connectivity index (χ0v) is 21.2. The van der Waals surface area contributed by atoms with Crippen molar-refractivity contribution in [2.45, 2.75) is 13.0 Å². The smallest absolute Gasteiger partial charge is 0.266 e. The Morgan fingerprint density at radius 1 is 0.975 bits per heavy atom. The van der Waals surface area contributed by atoms with Gasteiger partial charge in [-0.25, -0.2) is 14.4 Å². The van der Waals surface area contributed by atoms with E-state index in [-0.39, 0.29) is 28.7 Å². The van der Waals surface area contributed by atoms with Crippen LogP contribution < -0.4 is 16.6 Å². The number of para-hydroxylation sites is 1. The number of fused-ring (bicyclic) bond motifs is 2. The molecule has 40 heavy (non-hydrogen) atoms. The molecule has 3 N–H and O–H groups in total. The second kappa shape index (κ2) is 9.89. The van der Waals surface area contributed by atoms with Gasteiger partial charge in [0.2, 0.25) is 5.95 Å². The van der Waals surface area contributed by atoms with E-state index in [4.69, 9.17) is 10.7 Å². The summed E-state index contributed by atoms with van der Waals surface area (Å²) in [6.45, 7) is 1.76. The van der Waals surface area contributed by atoms with Crippen molar-refractivity contribution in [3.8, 4) is 22.9 Å². The zero-order valence-electron chi connectivity index (χ0n) is 21.2. The maximum Gasteiger partial charge on any atom is 0.266 e. The van der Waals surface area contributed by atoms with Gasteiger partial charge < -0.3 is 11.1 Å². The number of nitrogens with two attached hydrogens (primary N) is 1. The average Bonchev–Trinajstić information content (AvgIpc) is 2.96. The molecular formula is C30H21FN8O. The number of anilines is 2. The highest BCUT2D eigenvalue weighted by Crippen LogP contribution is 2.30. The lowest BCUT2D eigenvalue weighted by atomic mass is 10.0. The van der Waals surface area contributed by atoms with Crippen molar-refractivity contribution in [3.63, 3.8) is 0 Å². The van der Waals surface area contributed by atoms with Crippen LogP contribution in [0.25, 0.3) is 38.6 Å². The van der Waals surface area contributed by atoms with Crippen LogP contribution in [0.1, 0.15) is 24.4 Å². The molecule has 9 nitrogen and oxygen atoms in total. The summed E-state index contributed by atoms with van der Waals surface area (Å²) >= 11 is 0. The summed E-state index contributed by atoms with van der Waals surface area (Å²) in [6.07, 6.45) is 3.04. The van der Waals surface area contributed by atoms with Crippen LogP contribution in [0.2, 0.25) is 0 Å². The topological polar surface area (TPSA) is 135 Å². The molecule has 0 amide bonds. The molecule has 3 heterocycles. The Bertz CT molecular complexity index is 2030. The van der Waals surface area contributed by atoms with Gasteiger partial charge in [-0.3, -0.25) is 14.3 Å². The van der Waals surface area contributed by atoms with Crippen molar-refractivity contribution in [3.05, 3.63) is 113 Å². The number of pyridine rings is 1. The molecule has 3 aromatic carbocycles. The normalized spacial score (nSPS) is 11.8. The summed E-state index contributed by atoms with van der Waals surface area (Å²) in [5.41, 5.74) is 8.54. The summed E-state index contributed by atoms with van der Waals surface area (Å²) in [6, 6.07) is 22.3. The SMILES string of the molecule is CC(Nc1nc(N)ncc1C#N)c1nc2cccc(-c3cnc4ccccc4c3)c2c(=O)n1-c1cccc(F)c1.